The molecule has 19 fully saturated rings. The Bertz CT molecular complexity index is 4130. The summed E-state index contributed by atoms with van der Waals surface area (Å²) < 4.78 is 53.4. The van der Waals surface area contributed by atoms with E-state index in [9.17, 15) is 75.0 Å². The number of rotatable bonds is 11. The molecule has 19 rings (SSSR count). The number of hydrogen-bond acceptors (Lipinski definition) is 24. The van der Waals surface area contributed by atoms with Crippen LogP contribution in [0.2, 0.25) is 0 Å². The molecule has 6 unspecified atom stereocenters. The number of halogens is 1. The Morgan fingerprint density at radius 1 is 0.366 bits per heavy atom. The van der Waals surface area contributed by atoms with E-state index in [2.05, 4.69) is 116 Å². The fourth-order valence-corrected chi connectivity index (χ4v) is 38.8. The largest absolute Gasteiger partial charge is 0.457 e. The van der Waals surface area contributed by atoms with Gasteiger partial charge in [-0.3, -0.25) is 24.0 Å². The molecule has 25 heteroatoms. The van der Waals surface area contributed by atoms with Crippen molar-refractivity contribution < 1.29 is 118 Å². The SMILES string of the molecule is CC(=O)OC(C)=O.CC(=O)O[C@@H]([C@H]1C[C@@H](C)[C@H]2[C@H](O1)[C@H](O)[C@@]1(C)[C@@H]3CC[C@@H]4C(C)(C)C(C)CCC45C[C@@]35CC[C@]21C)C(C)(C)O.CC(=O)O[C@@H]([C@H]1C[C@@H](C)[C@H]2[C@H](O1)[C@H](O)[C@@]1(C)[C@@H]3CC[C@@H]4C(C)(C)C(O)CCC45C[C@@]35CC[C@]21C)C(C)(C)O.CC(=O)O[C@@H]([C@H]1C[C@@H](C)[C@H]2[C@H](O1)[C@H](O)[C@@]1(C)[C@@H]3CC[C@@H]4C(C)(C)C(O[C@@H]5OC[C@@H](O)[C@H](O)[C@H]5O)CCC45C[C@@]35CC[C@]21C)C(C)(C)O.Cl. The van der Waals surface area contributed by atoms with Gasteiger partial charge in [-0.05, 0) is 338 Å². The number of aliphatic hydroxyl groups is 10. The second kappa shape index (κ2) is 33.2. The molecule has 0 amide bonds. The first-order chi connectivity index (χ1) is 59.8. The van der Waals surface area contributed by atoms with Crippen LogP contribution < -0.4 is 0 Å². The highest BCUT2D eigenvalue weighted by Crippen LogP contribution is 2.93. The molecule has 4 heterocycles. The van der Waals surface area contributed by atoms with Crippen LogP contribution in [0.15, 0.2) is 0 Å². The minimum atomic E-state index is -1.30. The minimum Gasteiger partial charge on any atom is -0.457 e. The van der Waals surface area contributed by atoms with E-state index in [-0.39, 0.29) is 133 Å². The Labute approximate surface area is 788 Å². The predicted octanol–water partition coefficient (Wildman–Crippen LogP) is 14.8. The molecular weight excluding hydrogens is 1690 g/mol. The average Bonchev–Trinajstić information content (AvgIpc) is 1.47. The van der Waals surface area contributed by atoms with Crippen LogP contribution >= 0.6 is 12.4 Å². The van der Waals surface area contributed by atoms with Gasteiger partial charge < -0.3 is 93.7 Å². The number of carbonyl (C=O) groups is 5. The molecule has 748 valence electrons. The molecule has 6 spiro atoms. The third-order valence-corrected chi connectivity index (χ3v) is 45.0. The van der Waals surface area contributed by atoms with Crippen LogP contribution in [0.5, 0.6) is 0 Å². The van der Waals surface area contributed by atoms with Gasteiger partial charge in [0.1, 0.15) is 18.3 Å². The van der Waals surface area contributed by atoms with Gasteiger partial charge in [-0.2, -0.15) is 0 Å². The normalized spacial score (nSPS) is 52.5. The highest BCUT2D eigenvalue weighted by molar-refractivity contribution is 5.85. The second-order valence-corrected chi connectivity index (χ2v) is 52.6. The van der Waals surface area contributed by atoms with Crippen LogP contribution in [0.3, 0.4) is 0 Å². The van der Waals surface area contributed by atoms with Crippen molar-refractivity contribution in [1.82, 2.24) is 0 Å². The number of hydrogen-bond donors (Lipinski definition) is 10. The second-order valence-electron chi connectivity index (χ2n) is 52.6. The van der Waals surface area contributed by atoms with Gasteiger partial charge in [0.05, 0.1) is 90.6 Å². The van der Waals surface area contributed by atoms with Gasteiger partial charge in [-0.1, -0.05) is 111 Å². The lowest BCUT2D eigenvalue weighted by atomic mass is 9.41. The van der Waals surface area contributed by atoms with Crippen molar-refractivity contribution >= 4 is 42.3 Å². The molecule has 4 aliphatic heterocycles. The minimum absolute atomic E-state index is 0. The van der Waals surface area contributed by atoms with Gasteiger partial charge >= 0.3 is 29.8 Å². The predicted molar refractivity (Wildman–Crippen MR) is 491 cm³/mol. The number of carbonyl (C=O) groups excluding carboxylic acids is 5. The maximum Gasteiger partial charge on any atom is 0.310 e. The third kappa shape index (κ3) is 14.6. The molecule has 0 aromatic rings. The third-order valence-electron chi connectivity index (χ3n) is 45.0. The number of aliphatic hydroxyl groups excluding tert-OH is 7. The lowest BCUT2D eigenvalue weighted by molar-refractivity contribution is -0.303. The molecular formula is C106H173ClO24. The zero-order valence-electron chi connectivity index (χ0n) is 84.7. The Balaban J connectivity index is 0.000000145. The topological polar surface area (TPSA) is 371 Å². The van der Waals surface area contributed by atoms with E-state index in [0.29, 0.717) is 70.0 Å². The molecule has 0 aromatic carbocycles. The lowest BCUT2D eigenvalue weighted by Crippen LogP contribution is -2.61. The van der Waals surface area contributed by atoms with Crippen LogP contribution in [-0.4, -0.2) is 214 Å². The van der Waals surface area contributed by atoms with Crippen molar-refractivity contribution in [2.24, 2.45) is 158 Å². The summed E-state index contributed by atoms with van der Waals surface area (Å²) in [5.74, 6) is 2.98. The summed E-state index contributed by atoms with van der Waals surface area (Å²) >= 11 is 0. The molecule has 10 N–H and O–H groups in total. The highest BCUT2D eigenvalue weighted by Gasteiger charge is 2.89. The summed E-state index contributed by atoms with van der Waals surface area (Å²) in [5.41, 5.74) is -2.78. The van der Waals surface area contributed by atoms with Crippen molar-refractivity contribution in [3.8, 4) is 0 Å². The Morgan fingerprint density at radius 3 is 0.977 bits per heavy atom. The van der Waals surface area contributed by atoms with Gasteiger partial charge in [0.2, 0.25) is 0 Å². The molecule has 24 nitrogen and oxygen atoms in total. The Kier molecular flexibility index (Phi) is 26.0. The Hall–Kier alpha value is -2.76. The van der Waals surface area contributed by atoms with Crippen LogP contribution in [0.1, 0.15) is 341 Å². The summed E-state index contributed by atoms with van der Waals surface area (Å²) in [6.45, 7) is 54.5. The summed E-state index contributed by atoms with van der Waals surface area (Å²) in [4.78, 5) is 55.6. The maximum absolute atomic E-state index is 12.5. The molecule has 19 aliphatic rings. The first-order valence-electron chi connectivity index (χ1n) is 51.2. The van der Waals surface area contributed by atoms with E-state index in [1.54, 1.807) is 41.5 Å². The summed E-state index contributed by atoms with van der Waals surface area (Å²) in [7, 11) is 0. The van der Waals surface area contributed by atoms with E-state index in [1.165, 1.54) is 98.8 Å². The molecule has 0 radical (unpaired) electrons. The monoisotopic (exact) mass is 1870 g/mol. The van der Waals surface area contributed by atoms with Crippen molar-refractivity contribution in [3.05, 3.63) is 0 Å². The first kappa shape index (κ1) is 103. The average molecular weight is 1870 g/mol. The molecule has 43 atom stereocenters. The standard InChI is InChI=1S/C37H60O10.C33H54O5.C32H52O6.C4H6O3.ClH/c1-18-15-21(30(33(5,6)43)45-19(2)38)46-28-25(18)34(7)13-14-37-17-36(37)12-11-24(47-31-27(41)26(40)20(39)16-44-31)32(3,4)22(36)9-10-23(37)35(34,8)29(28)42;1-18-16-21(27(29(6,7)36)37-20(3)34)38-25-24(18)30(8)14-15-33-17-32(33)13-12-19(2)28(4,5)22(32)10-11-23(33)31(30,9)26(25)35;1-17-15-19(26(28(5,6)36)37-18(2)33)38-24-23(17)29(7)13-14-32-16-31(32)12-11-22(34)27(3,4)20(31)9-10-21(32)30(29,8)25(24)35;1-3(5)7-4(2)6;/h18,20-31,39-43H,9-17H2,1-8H3;18-19,21-27,35-36H,10-17H2,1-9H3;17,19-26,34-36H,9-16H2,1-8H3;1-2H3;1H/t18-,20-,21-,22-,23+,24?,25+,26+,27-,28+,29+,30+,31+,34-,35-,36?,37+;18-,19?,21-,22-,23+,24+,25+,26+,27+,30-,31-,32?,33+;17-,19-,20-,21+,22?,23+,24+,25+,26+,29-,30-,31?,32+;;/m111../s1. The fraction of sp³-hybridized carbons (Fsp3) is 0.953. The van der Waals surface area contributed by atoms with E-state index >= 15 is 0 Å². The lowest BCUT2D eigenvalue weighted by Gasteiger charge is -2.64. The zero-order chi connectivity index (χ0) is 95.8. The summed E-state index contributed by atoms with van der Waals surface area (Å²) in [6.07, 6.45) is 14.7. The van der Waals surface area contributed by atoms with Crippen LogP contribution in [0, 0.1) is 158 Å². The first-order valence-corrected chi connectivity index (χ1v) is 51.2. The smallest absolute Gasteiger partial charge is 0.310 e. The molecule has 131 heavy (non-hydrogen) atoms. The molecule has 15 aliphatic carbocycles. The maximum atomic E-state index is 12.5. The summed E-state index contributed by atoms with van der Waals surface area (Å²) in [6, 6.07) is 0. The fourth-order valence-electron chi connectivity index (χ4n) is 38.8. The van der Waals surface area contributed by atoms with Gasteiger partial charge in [0, 0.05) is 50.9 Å². The van der Waals surface area contributed by atoms with E-state index in [0.717, 1.165) is 88.9 Å². The van der Waals surface area contributed by atoms with Crippen molar-refractivity contribution in [2.75, 3.05) is 6.61 Å². The molecule has 0 bridgehead atoms. The van der Waals surface area contributed by atoms with Crippen molar-refractivity contribution in [3.63, 3.8) is 0 Å². The number of fused-ring (bicyclic) bond motifs is 12. The quantitative estimate of drug-likeness (QED) is 0.0397. The van der Waals surface area contributed by atoms with Gasteiger partial charge in [0.15, 0.2) is 24.6 Å². The summed E-state index contributed by atoms with van der Waals surface area (Å²) in [5, 5.41) is 112. The highest BCUT2D eigenvalue weighted by atomic mass is 35.5. The number of esters is 5. The van der Waals surface area contributed by atoms with E-state index in [4.69, 9.17) is 37.9 Å². The van der Waals surface area contributed by atoms with Gasteiger partial charge in [0.25, 0.3) is 0 Å². The van der Waals surface area contributed by atoms with Crippen molar-refractivity contribution in [1.29, 1.82) is 0 Å². The Morgan fingerprint density at radius 2 is 0.664 bits per heavy atom. The molecule has 0 aromatic heterocycles. The molecule has 15 saturated carbocycles. The van der Waals surface area contributed by atoms with E-state index < -0.39 is 132 Å². The van der Waals surface area contributed by atoms with Crippen LogP contribution in [0.4, 0.5) is 0 Å². The number of ether oxygens (including phenoxy) is 9. The van der Waals surface area contributed by atoms with Crippen molar-refractivity contribution in [2.45, 2.75) is 468 Å². The van der Waals surface area contributed by atoms with Gasteiger partial charge in [-0.25, -0.2) is 0 Å². The van der Waals surface area contributed by atoms with Gasteiger partial charge in [-0.15, -0.1) is 12.4 Å². The van der Waals surface area contributed by atoms with E-state index in [1.807, 2.05) is 0 Å². The van der Waals surface area contributed by atoms with Crippen LogP contribution in [0.25, 0.3) is 0 Å². The van der Waals surface area contributed by atoms with Crippen LogP contribution in [-0.2, 0) is 66.6 Å². The zero-order valence-corrected chi connectivity index (χ0v) is 85.5. The molecule has 4 saturated heterocycles.